The summed E-state index contributed by atoms with van der Waals surface area (Å²) >= 11 is 6.57. The average molecular weight is 431 g/mol. The molecule has 0 bridgehead atoms. The minimum absolute atomic E-state index is 0.245. The van der Waals surface area contributed by atoms with Gasteiger partial charge in [0.25, 0.3) is 0 Å². The quantitative estimate of drug-likeness (QED) is 0.674. The first-order chi connectivity index (χ1) is 15.2. The van der Waals surface area contributed by atoms with E-state index in [-0.39, 0.29) is 5.92 Å². The zero-order valence-corrected chi connectivity index (χ0v) is 18.0. The summed E-state index contributed by atoms with van der Waals surface area (Å²) in [5.41, 5.74) is 3.84. The van der Waals surface area contributed by atoms with E-state index in [2.05, 4.69) is 55.2 Å². The average Bonchev–Trinajstić information content (AvgIpc) is 3.30. The Morgan fingerprint density at radius 2 is 1.65 bits per heavy atom. The van der Waals surface area contributed by atoms with Gasteiger partial charge in [-0.2, -0.15) is 10.4 Å². The van der Waals surface area contributed by atoms with Crippen molar-refractivity contribution in [3.05, 3.63) is 88.3 Å². The summed E-state index contributed by atoms with van der Waals surface area (Å²) in [4.78, 5) is 6.76. The molecule has 3 aromatic rings. The molecule has 5 rings (SSSR count). The van der Waals surface area contributed by atoms with Gasteiger partial charge in [0.2, 0.25) is 0 Å². The number of rotatable bonds is 3. The summed E-state index contributed by atoms with van der Waals surface area (Å²) in [5, 5.41) is 18.4. The first-order valence-corrected chi connectivity index (χ1v) is 10.8. The summed E-state index contributed by atoms with van der Waals surface area (Å²) in [5.74, 6) is 1.59. The second kappa shape index (κ2) is 8.01. The van der Waals surface area contributed by atoms with Crippen molar-refractivity contribution in [1.29, 1.82) is 5.26 Å². The Bertz CT molecular complexity index is 1150. The fourth-order valence-electron chi connectivity index (χ4n) is 4.68. The Balaban J connectivity index is 1.53. The van der Waals surface area contributed by atoms with Gasteiger partial charge in [0, 0.05) is 49.5 Å². The molecule has 0 aliphatic carbocycles. The highest BCUT2D eigenvalue weighted by Crippen LogP contribution is 2.45. The van der Waals surface area contributed by atoms with Gasteiger partial charge in [-0.25, -0.2) is 0 Å². The number of allylic oxidation sites excluding steroid dienone is 1. The van der Waals surface area contributed by atoms with E-state index in [4.69, 9.17) is 11.6 Å². The van der Waals surface area contributed by atoms with Crippen molar-refractivity contribution in [3.63, 3.8) is 0 Å². The number of H-pyrrole nitrogens is 1. The van der Waals surface area contributed by atoms with Gasteiger partial charge in [-0.15, -0.1) is 0 Å². The van der Waals surface area contributed by atoms with Crippen LogP contribution in [0.4, 0.5) is 11.5 Å². The van der Waals surface area contributed by atoms with Crippen LogP contribution in [0, 0.1) is 11.3 Å². The highest BCUT2D eigenvalue weighted by atomic mass is 35.5. The van der Waals surface area contributed by atoms with E-state index < -0.39 is 0 Å². The monoisotopic (exact) mass is 430 g/mol. The zero-order valence-electron chi connectivity index (χ0n) is 17.3. The number of para-hydroxylation sites is 1. The van der Waals surface area contributed by atoms with Crippen molar-refractivity contribution >= 4 is 23.1 Å². The summed E-state index contributed by atoms with van der Waals surface area (Å²) < 4.78 is 0. The maximum absolute atomic E-state index is 10.3. The van der Waals surface area contributed by atoms with Crippen LogP contribution in [0.2, 0.25) is 5.02 Å². The van der Waals surface area contributed by atoms with E-state index in [0.717, 1.165) is 48.9 Å². The molecule has 1 saturated heterocycles. The number of nitriles is 1. The van der Waals surface area contributed by atoms with Crippen molar-refractivity contribution in [1.82, 2.24) is 15.1 Å². The number of aromatic nitrogens is 2. The Morgan fingerprint density at radius 3 is 2.35 bits per heavy atom. The molecule has 156 valence electrons. The fourth-order valence-corrected chi connectivity index (χ4v) is 4.93. The molecule has 2 aliphatic rings. The maximum atomic E-state index is 10.3. The Morgan fingerprint density at radius 1 is 0.968 bits per heavy atom. The van der Waals surface area contributed by atoms with Gasteiger partial charge in [-0.1, -0.05) is 48.0 Å². The number of hydrogen-bond acceptors (Lipinski definition) is 5. The van der Waals surface area contributed by atoms with Crippen LogP contribution in [0.3, 0.4) is 0 Å². The summed E-state index contributed by atoms with van der Waals surface area (Å²) in [6, 6.07) is 20.7. The van der Waals surface area contributed by atoms with Crippen molar-refractivity contribution < 1.29 is 0 Å². The summed E-state index contributed by atoms with van der Waals surface area (Å²) in [7, 11) is 2.00. The van der Waals surface area contributed by atoms with Gasteiger partial charge in [-0.05, 0) is 23.8 Å². The molecule has 1 fully saturated rings. The second-order valence-electron chi connectivity index (χ2n) is 7.85. The Kier molecular flexibility index (Phi) is 5.05. The maximum Gasteiger partial charge on any atom is 0.133 e. The molecule has 2 aromatic carbocycles. The number of fused-ring (bicyclic) bond motifs is 1. The van der Waals surface area contributed by atoms with Crippen LogP contribution in [-0.2, 0) is 0 Å². The van der Waals surface area contributed by atoms with Crippen LogP contribution in [-0.4, -0.2) is 48.3 Å². The van der Waals surface area contributed by atoms with E-state index in [1.807, 2.05) is 37.4 Å². The molecule has 0 amide bonds. The number of hydrogen-bond donors (Lipinski definition) is 1. The van der Waals surface area contributed by atoms with Crippen LogP contribution < -0.4 is 9.80 Å². The molecular formula is C24H23ClN6. The number of nitrogens with zero attached hydrogens (tertiary/aromatic N) is 5. The van der Waals surface area contributed by atoms with Gasteiger partial charge in [0.05, 0.1) is 23.8 Å². The van der Waals surface area contributed by atoms with Crippen molar-refractivity contribution in [2.75, 3.05) is 43.0 Å². The molecule has 1 atom stereocenters. The first kappa shape index (κ1) is 19.5. The molecule has 1 N–H and O–H groups in total. The lowest BCUT2D eigenvalue weighted by Crippen LogP contribution is -2.49. The topological polar surface area (TPSA) is 62.2 Å². The predicted octanol–water partition coefficient (Wildman–Crippen LogP) is 4.20. The zero-order chi connectivity index (χ0) is 21.4. The molecule has 2 aliphatic heterocycles. The molecule has 3 heterocycles. The third-order valence-corrected chi connectivity index (χ3v) is 6.52. The Labute approximate surface area is 187 Å². The van der Waals surface area contributed by atoms with Crippen molar-refractivity contribution in [2.24, 2.45) is 0 Å². The highest BCUT2D eigenvalue weighted by Gasteiger charge is 2.38. The van der Waals surface area contributed by atoms with E-state index in [1.165, 1.54) is 5.69 Å². The number of nitrogens with one attached hydrogen (secondary N) is 1. The lowest BCUT2D eigenvalue weighted by molar-refractivity contribution is 0.309. The number of halogens is 1. The third kappa shape index (κ3) is 3.31. The van der Waals surface area contributed by atoms with Crippen LogP contribution in [0.1, 0.15) is 17.0 Å². The molecular weight excluding hydrogens is 408 g/mol. The molecule has 1 aromatic heterocycles. The molecule has 0 radical (unpaired) electrons. The van der Waals surface area contributed by atoms with Crippen molar-refractivity contribution in [2.45, 2.75) is 5.92 Å². The molecule has 1 unspecified atom stereocenters. The van der Waals surface area contributed by atoms with E-state index in [9.17, 15) is 5.26 Å². The predicted molar refractivity (Wildman–Crippen MR) is 123 cm³/mol. The van der Waals surface area contributed by atoms with Gasteiger partial charge in [0.1, 0.15) is 11.6 Å². The van der Waals surface area contributed by atoms with Gasteiger partial charge >= 0.3 is 0 Å². The molecule has 6 nitrogen and oxygen atoms in total. The summed E-state index contributed by atoms with van der Waals surface area (Å²) in [6.07, 6.45) is 1.81. The molecule has 31 heavy (non-hydrogen) atoms. The van der Waals surface area contributed by atoms with E-state index in [0.29, 0.717) is 10.6 Å². The smallest absolute Gasteiger partial charge is 0.133 e. The summed E-state index contributed by atoms with van der Waals surface area (Å²) in [6.45, 7) is 3.45. The number of anilines is 2. The molecule has 0 saturated carbocycles. The van der Waals surface area contributed by atoms with Crippen LogP contribution in [0.25, 0.3) is 0 Å². The lowest BCUT2D eigenvalue weighted by Gasteiger charge is -2.43. The minimum Gasteiger partial charge on any atom is -0.368 e. The second-order valence-corrected chi connectivity index (χ2v) is 8.25. The molecule has 7 heteroatoms. The van der Waals surface area contributed by atoms with Crippen LogP contribution in [0.15, 0.2) is 72.2 Å². The number of piperazine rings is 1. The van der Waals surface area contributed by atoms with Gasteiger partial charge in [0.15, 0.2) is 0 Å². The van der Waals surface area contributed by atoms with E-state index >= 15 is 0 Å². The first-order valence-electron chi connectivity index (χ1n) is 10.4. The Hall–Kier alpha value is -3.43. The number of benzene rings is 2. The number of aromatic amines is 1. The largest absolute Gasteiger partial charge is 0.368 e. The standard InChI is InChI=1S/C24H23ClN6/c1-29-23-20(16-27-28-23)22(18-9-5-6-10-21(18)25)19(15-26)24(29)31-13-11-30(12-14-31)17-7-3-2-4-8-17/h2-10,16,22H,11-14H2,1H3,(H,27,28). The SMILES string of the molecule is CN1C(N2CCN(c3ccccc3)CC2)=C(C#N)C(c2ccccc2Cl)c2cn[nH]c21. The minimum atomic E-state index is -0.245. The molecule has 0 spiro atoms. The highest BCUT2D eigenvalue weighted by molar-refractivity contribution is 6.31. The van der Waals surface area contributed by atoms with Gasteiger partial charge in [-0.3, -0.25) is 5.10 Å². The normalized spacial score (nSPS) is 18.7. The van der Waals surface area contributed by atoms with Crippen molar-refractivity contribution in [3.8, 4) is 6.07 Å². The van der Waals surface area contributed by atoms with E-state index in [1.54, 1.807) is 6.20 Å². The van der Waals surface area contributed by atoms with Gasteiger partial charge < -0.3 is 14.7 Å². The fraction of sp³-hybridized carbons (Fsp3) is 0.250. The van der Waals surface area contributed by atoms with Crippen LogP contribution in [0.5, 0.6) is 0 Å². The third-order valence-electron chi connectivity index (χ3n) is 6.18. The lowest BCUT2D eigenvalue weighted by atomic mass is 9.83. The van der Waals surface area contributed by atoms with Crippen LogP contribution >= 0.6 is 11.6 Å².